The molecule has 1 aliphatic rings. The highest BCUT2D eigenvalue weighted by atomic mass is 16.5. The lowest BCUT2D eigenvalue weighted by Gasteiger charge is -2.19. The quantitative estimate of drug-likeness (QED) is 0.637. The third-order valence-corrected chi connectivity index (χ3v) is 2.92. The minimum Gasteiger partial charge on any atom is -0.373 e. The highest BCUT2D eigenvalue weighted by Crippen LogP contribution is 2.18. The molecule has 0 aromatic carbocycles. The lowest BCUT2D eigenvalue weighted by Crippen LogP contribution is -2.20. The Morgan fingerprint density at radius 2 is 1.88 bits per heavy atom. The van der Waals surface area contributed by atoms with Crippen molar-refractivity contribution < 1.29 is 14.3 Å². The fourth-order valence-corrected chi connectivity index (χ4v) is 1.68. The fourth-order valence-electron chi connectivity index (χ4n) is 1.68. The van der Waals surface area contributed by atoms with Crippen LogP contribution in [0, 0.1) is 11.8 Å². The number of Topliss-reactive ketones (excluding diaryl/α,β-unsaturated/α-hetero) is 2. The zero-order valence-electron chi connectivity index (χ0n) is 10.5. The van der Waals surface area contributed by atoms with Crippen molar-refractivity contribution >= 4 is 11.6 Å². The van der Waals surface area contributed by atoms with E-state index in [0.29, 0.717) is 24.9 Å². The van der Waals surface area contributed by atoms with Crippen molar-refractivity contribution in [3.63, 3.8) is 0 Å². The first-order chi connectivity index (χ1) is 8.13. The molecule has 1 aliphatic carbocycles. The van der Waals surface area contributed by atoms with Gasteiger partial charge in [0, 0.05) is 12.3 Å². The van der Waals surface area contributed by atoms with Crippen LogP contribution in [-0.2, 0) is 14.3 Å². The molecule has 0 aliphatic heterocycles. The first-order valence-corrected chi connectivity index (χ1v) is 6.09. The van der Waals surface area contributed by atoms with E-state index in [4.69, 9.17) is 4.74 Å². The molecule has 2 atom stereocenters. The zero-order valence-corrected chi connectivity index (χ0v) is 10.5. The summed E-state index contributed by atoms with van der Waals surface area (Å²) in [7, 11) is 0. The van der Waals surface area contributed by atoms with Gasteiger partial charge in [0.15, 0.2) is 5.78 Å². The van der Waals surface area contributed by atoms with Crippen LogP contribution in [0.2, 0.25) is 0 Å². The monoisotopic (exact) mass is 236 g/mol. The van der Waals surface area contributed by atoms with E-state index in [1.54, 1.807) is 6.92 Å². The van der Waals surface area contributed by atoms with Crippen LogP contribution >= 0.6 is 0 Å². The average Bonchev–Trinajstić information content (AvgIpc) is 2.31. The van der Waals surface area contributed by atoms with Crippen molar-refractivity contribution in [3.8, 4) is 0 Å². The summed E-state index contributed by atoms with van der Waals surface area (Å²) in [5.41, 5.74) is 0. The van der Waals surface area contributed by atoms with Crippen LogP contribution in [0.15, 0.2) is 24.3 Å². The van der Waals surface area contributed by atoms with E-state index in [2.05, 4.69) is 19.1 Å². The predicted octanol–water partition coefficient (Wildman–Crippen LogP) is 2.32. The molecule has 2 unspecified atom stereocenters. The van der Waals surface area contributed by atoms with Crippen LogP contribution in [0.5, 0.6) is 0 Å². The summed E-state index contributed by atoms with van der Waals surface area (Å²) in [5.74, 6) is 0.620. The molecular weight excluding hydrogens is 216 g/mol. The van der Waals surface area contributed by atoms with Crippen molar-refractivity contribution in [2.75, 3.05) is 13.2 Å². The summed E-state index contributed by atoms with van der Waals surface area (Å²) in [6.07, 6.45) is 8.65. The standard InChI is InChI=1S/C14H20O3/c1-3-13(15)8-14(16)10-17-9-12-7-5-4-6-11(12)2/h4-7,11-12H,3,8-10H2,1-2H3. The van der Waals surface area contributed by atoms with Crippen LogP contribution < -0.4 is 0 Å². The van der Waals surface area contributed by atoms with Crippen LogP contribution in [-0.4, -0.2) is 24.8 Å². The van der Waals surface area contributed by atoms with Gasteiger partial charge in [0.2, 0.25) is 0 Å². The molecule has 3 nitrogen and oxygen atoms in total. The van der Waals surface area contributed by atoms with E-state index in [0.717, 1.165) is 0 Å². The summed E-state index contributed by atoms with van der Waals surface area (Å²) in [6.45, 7) is 4.47. The first-order valence-electron chi connectivity index (χ1n) is 6.09. The summed E-state index contributed by atoms with van der Waals surface area (Å²) in [5, 5.41) is 0. The van der Waals surface area contributed by atoms with Crippen LogP contribution in [0.1, 0.15) is 26.7 Å². The van der Waals surface area contributed by atoms with Gasteiger partial charge in [-0.3, -0.25) is 9.59 Å². The van der Waals surface area contributed by atoms with E-state index in [1.807, 2.05) is 12.2 Å². The second kappa shape index (κ2) is 7.17. The van der Waals surface area contributed by atoms with Crippen molar-refractivity contribution in [2.24, 2.45) is 11.8 Å². The maximum Gasteiger partial charge on any atom is 0.165 e. The minimum atomic E-state index is -0.125. The van der Waals surface area contributed by atoms with Gasteiger partial charge in [-0.25, -0.2) is 0 Å². The van der Waals surface area contributed by atoms with Crippen LogP contribution in [0.25, 0.3) is 0 Å². The maximum atomic E-state index is 11.4. The van der Waals surface area contributed by atoms with Gasteiger partial charge in [-0.05, 0) is 5.92 Å². The van der Waals surface area contributed by atoms with Crippen molar-refractivity contribution in [1.82, 2.24) is 0 Å². The largest absolute Gasteiger partial charge is 0.373 e. The van der Waals surface area contributed by atoms with Gasteiger partial charge in [0.25, 0.3) is 0 Å². The van der Waals surface area contributed by atoms with Gasteiger partial charge >= 0.3 is 0 Å². The Kier molecular flexibility index (Phi) is 5.84. The molecule has 0 heterocycles. The Hall–Kier alpha value is -1.22. The number of carbonyl (C=O) groups is 2. The van der Waals surface area contributed by atoms with E-state index < -0.39 is 0 Å². The Morgan fingerprint density at radius 3 is 2.53 bits per heavy atom. The molecule has 0 amide bonds. The van der Waals surface area contributed by atoms with Gasteiger partial charge in [0.1, 0.15) is 12.4 Å². The smallest absolute Gasteiger partial charge is 0.165 e. The van der Waals surface area contributed by atoms with Crippen molar-refractivity contribution in [1.29, 1.82) is 0 Å². The maximum absolute atomic E-state index is 11.4. The van der Waals surface area contributed by atoms with Gasteiger partial charge in [0.05, 0.1) is 13.0 Å². The Balaban J connectivity index is 2.19. The average molecular weight is 236 g/mol. The van der Waals surface area contributed by atoms with Gasteiger partial charge in [-0.2, -0.15) is 0 Å². The number of ketones is 2. The molecule has 3 heteroatoms. The van der Waals surface area contributed by atoms with Gasteiger partial charge in [-0.1, -0.05) is 38.2 Å². The molecule has 0 aromatic rings. The summed E-state index contributed by atoms with van der Waals surface area (Å²) in [4.78, 5) is 22.4. The van der Waals surface area contributed by atoms with Gasteiger partial charge in [-0.15, -0.1) is 0 Å². The number of hydrogen-bond acceptors (Lipinski definition) is 3. The third kappa shape index (κ3) is 5.09. The molecule has 94 valence electrons. The molecule has 0 N–H and O–H groups in total. The van der Waals surface area contributed by atoms with E-state index >= 15 is 0 Å². The molecule has 0 radical (unpaired) electrons. The summed E-state index contributed by atoms with van der Waals surface area (Å²) in [6, 6.07) is 0. The number of ether oxygens (including phenoxy) is 1. The molecular formula is C14H20O3. The SMILES string of the molecule is CCC(=O)CC(=O)COCC1C=CC=CC1C. The minimum absolute atomic E-state index is 0.00641. The molecule has 0 fully saturated rings. The molecule has 0 bridgehead atoms. The number of carbonyl (C=O) groups excluding carboxylic acids is 2. The van der Waals surface area contributed by atoms with Crippen LogP contribution in [0.4, 0.5) is 0 Å². The summed E-state index contributed by atoms with van der Waals surface area (Å²) < 4.78 is 5.36. The second-order valence-electron chi connectivity index (χ2n) is 4.42. The van der Waals surface area contributed by atoms with Gasteiger partial charge < -0.3 is 4.74 Å². The van der Waals surface area contributed by atoms with Crippen molar-refractivity contribution in [2.45, 2.75) is 26.7 Å². The predicted molar refractivity (Wildman–Crippen MR) is 66.7 cm³/mol. The number of allylic oxidation sites excluding steroid dienone is 3. The molecule has 0 aromatic heterocycles. The number of hydrogen-bond donors (Lipinski definition) is 0. The third-order valence-electron chi connectivity index (χ3n) is 2.92. The Morgan fingerprint density at radius 1 is 1.18 bits per heavy atom. The van der Waals surface area contributed by atoms with E-state index in [9.17, 15) is 9.59 Å². The molecule has 0 spiro atoms. The first kappa shape index (κ1) is 13.8. The highest BCUT2D eigenvalue weighted by molar-refractivity contribution is 5.99. The molecule has 0 saturated carbocycles. The molecule has 17 heavy (non-hydrogen) atoms. The molecule has 0 saturated heterocycles. The normalized spacial score (nSPS) is 22.7. The fraction of sp³-hybridized carbons (Fsp3) is 0.571. The highest BCUT2D eigenvalue weighted by Gasteiger charge is 2.15. The number of rotatable bonds is 7. The lowest BCUT2D eigenvalue weighted by atomic mass is 9.91. The molecule has 1 rings (SSSR count). The second-order valence-corrected chi connectivity index (χ2v) is 4.42. The Bertz CT molecular complexity index is 328. The summed E-state index contributed by atoms with van der Waals surface area (Å²) >= 11 is 0. The zero-order chi connectivity index (χ0) is 12.7. The van der Waals surface area contributed by atoms with Crippen LogP contribution in [0.3, 0.4) is 0 Å². The van der Waals surface area contributed by atoms with E-state index in [1.165, 1.54) is 0 Å². The lowest BCUT2D eigenvalue weighted by molar-refractivity contribution is -0.129. The van der Waals surface area contributed by atoms with E-state index in [-0.39, 0.29) is 24.6 Å². The Labute approximate surface area is 103 Å². The van der Waals surface area contributed by atoms with Crippen molar-refractivity contribution in [3.05, 3.63) is 24.3 Å². The topological polar surface area (TPSA) is 43.4 Å².